The molecule has 0 radical (unpaired) electrons. The lowest BCUT2D eigenvalue weighted by Crippen LogP contribution is -2.18. The van der Waals surface area contributed by atoms with E-state index in [1.54, 1.807) is 12.4 Å². The normalized spacial score (nSPS) is 13.3. The van der Waals surface area contributed by atoms with E-state index in [2.05, 4.69) is 20.7 Å². The molecule has 21 heavy (non-hydrogen) atoms. The number of fused-ring (bicyclic) bond motifs is 1. The lowest BCUT2D eigenvalue weighted by atomic mass is 10.0. The number of hydrogen-bond acceptors (Lipinski definition) is 6. The van der Waals surface area contributed by atoms with Crippen molar-refractivity contribution in [1.29, 1.82) is 0 Å². The fourth-order valence-corrected chi connectivity index (χ4v) is 2.11. The minimum Gasteiger partial charge on any atom is -0.487 e. The molecule has 2 aromatic rings. The van der Waals surface area contributed by atoms with E-state index < -0.39 is 0 Å². The highest BCUT2D eigenvalue weighted by Gasteiger charge is 2.15. The van der Waals surface area contributed by atoms with Crippen molar-refractivity contribution in [3.05, 3.63) is 41.9 Å². The fraction of sp³-hybridized carbons (Fsp3) is 0.214. The van der Waals surface area contributed by atoms with Crippen molar-refractivity contribution in [3.63, 3.8) is 0 Å². The largest absolute Gasteiger partial charge is 0.487 e. The van der Waals surface area contributed by atoms with Gasteiger partial charge < -0.3 is 15.5 Å². The first-order valence-electron chi connectivity index (χ1n) is 6.58. The second-order valence-corrected chi connectivity index (χ2v) is 4.69. The van der Waals surface area contributed by atoms with E-state index >= 15 is 0 Å². The Bertz CT molecular complexity index is 657. The molecular formula is C14H15N5O2. The number of hydrazine groups is 1. The summed E-state index contributed by atoms with van der Waals surface area (Å²) in [7, 11) is 0. The van der Waals surface area contributed by atoms with Crippen molar-refractivity contribution in [2.45, 2.75) is 19.4 Å². The smallest absolute Gasteiger partial charge is 0.224 e. The van der Waals surface area contributed by atoms with Gasteiger partial charge in [-0.05, 0) is 30.2 Å². The van der Waals surface area contributed by atoms with Crippen molar-refractivity contribution in [2.24, 2.45) is 5.84 Å². The van der Waals surface area contributed by atoms with Gasteiger partial charge in [-0.2, -0.15) is 0 Å². The number of nitrogens with one attached hydrogen (secondary N) is 2. The van der Waals surface area contributed by atoms with Gasteiger partial charge in [-0.15, -0.1) is 0 Å². The van der Waals surface area contributed by atoms with E-state index in [1.807, 2.05) is 18.2 Å². The van der Waals surface area contributed by atoms with Gasteiger partial charge in [-0.25, -0.2) is 10.8 Å². The molecule has 4 N–H and O–H groups in total. The lowest BCUT2D eigenvalue weighted by Gasteiger charge is -2.17. The maximum Gasteiger partial charge on any atom is 0.224 e. The van der Waals surface area contributed by atoms with Crippen LogP contribution in [0.4, 0.5) is 11.5 Å². The third-order valence-corrected chi connectivity index (χ3v) is 3.21. The van der Waals surface area contributed by atoms with Crippen molar-refractivity contribution >= 4 is 17.4 Å². The van der Waals surface area contributed by atoms with Crippen LogP contribution in [0, 0.1) is 0 Å². The lowest BCUT2D eigenvalue weighted by molar-refractivity contribution is -0.116. The van der Waals surface area contributed by atoms with Crippen LogP contribution in [0.15, 0.2) is 30.6 Å². The number of carbonyl (C=O) groups excluding carboxylic acids is 1. The van der Waals surface area contributed by atoms with E-state index in [1.165, 1.54) is 0 Å². The number of benzene rings is 1. The van der Waals surface area contributed by atoms with E-state index in [-0.39, 0.29) is 5.91 Å². The first kappa shape index (κ1) is 13.3. The predicted octanol–water partition coefficient (Wildman–Crippen LogP) is 1.23. The summed E-state index contributed by atoms with van der Waals surface area (Å²) in [5.74, 6) is 6.53. The Morgan fingerprint density at radius 2 is 2.19 bits per heavy atom. The second kappa shape index (κ2) is 5.76. The Labute approximate surface area is 121 Å². The molecule has 3 rings (SSSR count). The first-order chi connectivity index (χ1) is 10.2. The maximum absolute atomic E-state index is 11.3. The molecule has 0 bridgehead atoms. The molecule has 1 aromatic heterocycles. The summed E-state index contributed by atoms with van der Waals surface area (Å²) in [5, 5.41) is 2.84. The van der Waals surface area contributed by atoms with Gasteiger partial charge in [-0.3, -0.25) is 9.78 Å². The Hall–Kier alpha value is -2.67. The molecule has 1 aliphatic heterocycles. The number of aromatic nitrogens is 2. The third-order valence-electron chi connectivity index (χ3n) is 3.21. The molecule has 0 fully saturated rings. The summed E-state index contributed by atoms with van der Waals surface area (Å²) in [6, 6.07) is 5.63. The first-order valence-corrected chi connectivity index (χ1v) is 6.58. The summed E-state index contributed by atoms with van der Waals surface area (Å²) < 4.78 is 5.69. The van der Waals surface area contributed by atoms with Crippen LogP contribution in [0.5, 0.6) is 5.75 Å². The van der Waals surface area contributed by atoms with Gasteiger partial charge in [0.1, 0.15) is 12.4 Å². The SMILES string of the molecule is NNc1cnc(COc2ccc3c(c2)CCC(=O)N3)cn1. The standard InChI is InChI=1S/C14H15N5O2/c15-19-13-7-16-10(6-17-13)8-21-11-2-3-12-9(5-11)1-4-14(20)18-12/h2-3,5-7H,1,4,8,15H2,(H,17,19)(H,18,20). The molecule has 0 unspecified atom stereocenters. The van der Waals surface area contributed by atoms with Crippen LogP contribution in [-0.4, -0.2) is 15.9 Å². The molecule has 0 atom stereocenters. The topological polar surface area (TPSA) is 102 Å². The van der Waals surface area contributed by atoms with Crippen LogP contribution >= 0.6 is 0 Å². The maximum atomic E-state index is 11.3. The van der Waals surface area contributed by atoms with Gasteiger partial charge >= 0.3 is 0 Å². The number of ether oxygens (including phenoxy) is 1. The minimum absolute atomic E-state index is 0.0556. The van der Waals surface area contributed by atoms with Crippen molar-refractivity contribution in [2.75, 3.05) is 10.7 Å². The Morgan fingerprint density at radius 1 is 1.29 bits per heavy atom. The summed E-state index contributed by atoms with van der Waals surface area (Å²) in [6.07, 6.45) is 4.39. The highest BCUT2D eigenvalue weighted by molar-refractivity contribution is 5.93. The number of carbonyl (C=O) groups is 1. The van der Waals surface area contributed by atoms with Crippen LogP contribution in [0.2, 0.25) is 0 Å². The average Bonchev–Trinajstić information content (AvgIpc) is 2.53. The molecule has 1 aliphatic rings. The Balaban J connectivity index is 1.66. The summed E-state index contributed by atoms with van der Waals surface area (Å²) >= 11 is 0. The van der Waals surface area contributed by atoms with Crippen molar-refractivity contribution in [1.82, 2.24) is 9.97 Å². The molecule has 0 spiro atoms. The van der Waals surface area contributed by atoms with Crippen molar-refractivity contribution in [3.8, 4) is 5.75 Å². The van der Waals surface area contributed by atoms with Crippen LogP contribution in [0.25, 0.3) is 0 Å². The highest BCUT2D eigenvalue weighted by Crippen LogP contribution is 2.27. The van der Waals surface area contributed by atoms with Gasteiger partial charge in [0.15, 0.2) is 5.82 Å². The number of nitrogens with zero attached hydrogens (tertiary/aromatic N) is 2. The monoisotopic (exact) mass is 285 g/mol. The molecule has 0 saturated carbocycles. The van der Waals surface area contributed by atoms with E-state index in [9.17, 15) is 4.79 Å². The Kier molecular flexibility index (Phi) is 3.65. The zero-order valence-corrected chi connectivity index (χ0v) is 11.3. The van der Waals surface area contributed by atoms with E-state index in [0.717, 1.165) is 23.4 Å². The fourth-order valence-electron chi connectivity index (χ4n) is 2.11. The van der Waals surface area contributed by atoms with E-state index in [0.29, 0.717) is 24.5 Å². The summed E-state index contributed by atoms with van der Waals surface area (Å²) in [4.78, 5) is 19.5. The minimum atomic E-state index is 0.0556. The quantitative estimate of drug-likeness (QED) is 0.576. The van der Waals surface area contributed by atoms with Gasteiger partial charge in [0.2, 0.25) is 5.91 Å². The zero-order chi connectivity index (χ0) is 14.7. The predicted molar refractivity (Wildman–Crippen MR) is 77.6 cm³/mol. The molecule has 108 valence electrons. The Morgan fingerprint density at radius 3 is 2.95 bits per heavy atom. The zero-order valence-electron chi connectivity index (χ0n) is 11.3. The van der Waals surface area contributed by atoms with Gasteiger partial charge in [0.05, 0.1) is 18.1 Å². The summed E-state index contributed by atoms with van der Waals surface area (Å²) in [6.45, 7) is 0.322. The van der Waals surface area contributed by atoms with Crippen LogP contribution < -0.4 is 21.3 Å². The van der Waals surface area contributed by atoms with Crippen LogP contribution in [0.3, 0.4) is 0 Å². The molecule has 1 amide bonds. The molecule has 0 saturated heterocycles. The molecular weight excluding hydrogens is 270 g/mol. The second-order valence-electron chi connectivity index (χ2n) is 4.69. The van der Waals surface area contributed by atoms with Gasteiger partial charge in [0, 0.05) is 12.1 Å². The number of amides is 1. The third kappa shape index (κ3) is 3.09. The van der Waals surface area contributed by atoms with Crippen LogP contribution in [0.1, 0.15) is 17.7 Å². The molecule has 0 aliphatic carbocycles. The van der Waals surface area contributed by atoms with Crippen molar-refractivity contribution < 1.29 is 9.53 Å². The molecule has 2 heterocycles. The number of anilines is 2. The number of hydrogen-bond donors (Lipinski definition) is 3. The summed E-state index contributed by atoms with van der Waals surface area (Å²) in [5.41, 5.74) is 5.07. The van der Waals surface area contributed by atoms with E-state index in [4.69, 9.17) is 10.6 Å². The number of nitrogens with two attached hydrogens (primary N) is 1. The molecule has 7 heteroatoms. The van der Waals surface area contributed by atoms with Gasteiger partial charge in [0.25, 0.3) is 0 Å². The molecule has 7 nitrogen and oxygen atoms in total. The average molecular weight is 285 g/mol. The van der Waals surface area contributed by atoms with Crippen LogP contribution in [-0.2, 0) is 17.8 Å². The number of rotatable bonds is 4. The van der Waals surface area contributed by atoms with Gasteiger partial charge in [-0.1, -0.05) is 0 Å². The highest BCUT2D eigenvalue weighted by atomic mass is 16.5. The molecule has 1 aromatic carbocycles. The number of nitrogen functional groups attached to an aromatic ring is 1. The number of aryl methyl sites for hydroxylation is 1.